The first kappa shape index (κ1) is 16.3. The predicted octanol–water partition coefficient (Wildman–Crippen LogP) is 3.94. The lowest BCUT2D eigenvalue weighted by Crippen LogP contribution is -2.22. The van der Waals surface area contributed by atoms with Crippen LogP contribution in [-0.4, -0.2) is 18.6 Å². The second-order valence-corrected chi connectivity index (χ2v) is 5.44. The Hall–Kier alpha value is -2.54. The second-order valence-electron chi connectivity index (χ2n) is 5.44. The molecule has 2 aromatic carbocycles. The highest BCUT2D eigenvalue weighted by atomic mass is 19.4. The number of rotatable bonds is 4. The number of anilines is 2. The van der Waals surface area contributed by atoms with Gasteiger partial charge in [-0.15, -0.1) is 0 Å². The van der Waals surface area contributed by atoms with Crippen LogP contribution in [0.15, 0.2) is 42.5 Å². The van der Waals surface area contributed by atoms with Crippen molar-refractivity contribution in [3.05, 3.63) is 59.2 Å². The molecule has 0 spiro atoms. The van der Waals surface area contributed by atoms with E-state index >= 15 is 0 Å². The first-order valence-electron chi connectivity index (χ1n) is 7.33. The zero-order valence-electron chi connectivity index (χ0n) is 12.6. The van der Waals surface area contributed by atoms with E-state index in [0.717, 1.165) is 11.1 Å². The summed E-state index contributed by atoms with van der Waals surface area (Å²) in [4.78, 5) is 12.4. The number of carbonyl (C=O) groups is 1. The molecule has 126 valence electrons. The molecule has 24 heavy (non-hydrogen) atoms. The van der Waals surface area contributed by atoms with Gasteiger partial charge in [0.1, 0.15) is 6.54 Å². The highest BCUT2D eigenvalue weighted by molar-refractivity contribution is 6.06. The van der Waals surface area contributed by atoms with Crippen LogP contribution in [0.25, 0.3) is 0 Å². The maximum Gasteiger partial charge on any atom is 0.405 e. The number of hydrogen-bond acceptors (Lipinski definition) is 3. The number of amides is 1. The lowest BCUT2D eigenvalue weighted by Gasteiger charge is -2.14. The molecule has 1 heterocycles. The van der Waals surface area contributed by atoms with Gasteiger partial charge < -0.3 is 15.4 Å². The summed E-state index contributed by atoms with van der Waals surface area (Å²) in [5.74, 6) is -0.383. The summed E-state index contributed by atoms with van der Waals surface area (Å²) in [5, 5.41) is 4.94. The van der Waals surface area contributed by atoms with E-state index in [2.05, 4.69) is 10.6 Å². The average molecular weight is 336 g/mol. The molecule has 0 saturated heterocycles. The minimum absolute atomic E-state index is 0.215. The molecule has 1 aliphatic rings. The van der Waals surface area contributed by atoms with Crippen molar-refractivity contribution in [2.75, 3.05) is 17.2 Å². The van der Waals surface area contributed by atoms with Crippen molar-refractivity contribution in [1.29, 1.82) is 0 Å². The lowest BCUT2D eigenvalue weighted by molar-refractivity contribution is -0.115. The van der Waals surface area contributed by atoms with Gasteiger partial charge in [-0.2, -0.15) is 13.2 Å². The topological polar surface area (TPSA) is 50.4 Å². The fourth-order valence-electron chi connectivity index (χ4n) is 2.45. The van der Waals surface area contributed by atoms with Crippen LogP contribution in [0, 0.1) is 0 Å². The van der Waals surface area contributed by atoms with Gasteiger partial charge in [0.05, 0.1) is 24.6 Å². The van der Waals surface area contributed by atoms with Crippen molar-refractivity contribution in [3.8, 4) is 0 Å². The summed E-state index contributed by atoms with van der Waals surface area (Å²) in [6.45, 7) is -0.183. The molecule has 1 aliphatic heterocycles. The van der Waals surface area contributed by atoms with Crippen molar-refractivity contribution in [2.45, 2.75) is 19.4 Å². The molecule has 4 nitrogen and oxygen atoms in total. The van der Waals surface area contributed by atoms with Crippen LogP contribution in [-0.2, 0) is 18.0 Å². The molecule has 0 radical (unpaired) electrons. The summed E-state index contributed by atoms with van der Waals surface area (Å²) < 4.78 is 42.4. The van der Waals surface area contributed by atoms with E-state index < -0.39 is 12.7 Å². The van der Waals surface area contributed by atoms with Crippen LogP contribution in [0.4, 0.5) is 24.5 Å². The average Bonchev–Trinajstić information content (AvgIpc) is 3.00. The number of halogens is 3. The molecule has 1 amide bonds. The molecule has 0 bridgehead atoms. The van der Waals surface area contributed by atoms with Crippen molar-refractivity contribution in [1.82, 2.24) is 0 Å². The Labute approximate surface area is 136 Å². The number of ether oxygens (including phenoxy) is 1. The van der Waals surface area contributed by atoms with E-state index in [1.54, 1.807) is 30.3 Å². The number of carbonyl (C=O) groups excluding carboxylic acids is 1. The van der Waals surface area contributed by atoms with Gasteiger partial charge in [0.25, 0.3) is 5.91 Å². The quantitative estimate of drug-likeness (QED) is 0.889. The molecule has 0 fully saturated rings. The normalized spacial score (nSPS) is 13.5. The van der Waals surface area contributed by atoms with Crippen molar-refractivity contribution >= 4 is 17.3 Å². The highest BCUT2D eigenvalue weighted by Crippen LogP contribution is 2.25. The van der Waals surface area contributed by atoms with Gasteiger partial charge >= 0.3 is 6.18 Å². The van der Waals surface area contributed by atoms with Crippen LogP contribution in [0.2, 0.25) is 0 Å². The number of hydrogen-bond donors (Lipinski definition) is 2. The third kappa shape index (κ3) is 3.86. The molecule has 0 saturated carbocycles. The summed E-state index contributed by atoms with van der Waals surface area (Å²) in [6.07, 6.45) is -4.34. The Morgan fingerprint density at radius 2 is 1.75 bits per heavy atom. The van der Waals surface area contributed by atoms with Gasteiger partial charge in [-0.05, 0) is 35.4 Å². The SMILES string of the molecule is O=C(Nc1ccccc1NCC(F)(F)F)c1ccc2c(c1)COC2. The van der Waals surface area contributed by atoms with Crippen LogP contribution < -0.4 is 10.6 Å². The molecule has 7 heteroatoms. The van der Waals surface area contributed by atoms with E-state index in [1.807, 2.05) is 6.07 Å². The third-order valence-corrected chi connectivity index (χ3v) is 3.64. The Bertz CT molecular complexity index is 760. The molecule has 0 aliphatic carbocycles. The van der Waals surface area contributed by atoms with Gasteiger partial charge in [-0.3, -0.25) is 4.79 Å². The molecule has 0 unspecified atom stereocenters. The largest absolute Gasteiger partial charge is 0.405 e. The minimum atomic E-state index is -4.34. The van der Waals surface area contributed by atoms with Crippen LogP contribution >= 0.6 is 0 Å². The fraction of sp³-hybridized carbons (Fsp3) is 0.235. The van der Waals surface area contributed by atoms with Gasteiger partial charge in [0.2, 0.25) is 0 Å². The first-order chi connectivity index (χ1) is 11.4. The van der Waals surface area contributed by atoms with Crippen molar-refractivity contribution < 1.29 is 22.7 Å². The van der Waals surface area contributed by atoms with Crippen LogP contribution in [0.3, 0.4) is 0 Å². The summed E-state index contributed by atoms with van der Waals surface area (Å²) in [7, 11) is 0. The Morgan fingerprint density at radius 1 is 1.04 bits per heavy atom. The van der Waals surface area contributed by atoms with E-state index in [-0.39, 0.29) is 11.6 Å². The lowest BCUT2D eigenvalue weighted by atomic mass is 10.1. The minimum Gasteiger partial charge on any atom is -0.375 e. The Morgan fingerprint density at radius 3 is 2.50 bits per heavy atom. The van der Waals surface area contributed by atoms with E-state index in [1.165, 1.54) is 6.07 Å². The van der Waals surface area contributed by atoms with E-state index in [0.29, 0.717) is 24.5 Å². The first-order valence-corrected chi connectivity index (χ1v) is 7.33. The second kappa shape index (κ2) is 6.52. The van der Waals surface area contributed by atoms with Crippen LogP contribution in [0.1, 0.15) is 21.5 Å². The monoisotopic (exact) mass is 336 g/mol. The van der Waals surface area contributed by atoms with Gasteiger partial charge in [0.15, 0.2) is 0 Å². The molecular weight excluding hydrogens is 321 g/mol. The molecule has 0 aromatic heterocycles. The molecule has 2 aromatic rings. The summed E-state index contributed by atoms with van der Waals surface area (Å²) in [5.41, 5.74) is 2.94. The number of fused-ring (bicyclic) bond motifs is 1. The smallest absolute Gasteiger partial charge is 0.375 e. The van der Waals surface area contributed by atoms with Crippen LogP contribution in [0.5, 0.6) is 0 Å². The third-order valence-electron chi connectivity index (χ3n) is 3.64. The van der Waals surface area contributed by atoms with Gasteiger partial charge in [0, 0.05) is 5.56 Å². The summed E-state index contributed by atoms with van der Waals surface area (Å²) in [6, 6.07) is 11.5. The zero-order valence-corrected chi connectivity index (χ0v) is 12.6. The molecule has 2 N–H and O–H groups in total. The highest BCUT2D eigenvalue weighted by Gasteiger charge is 2.27. The fourth-order valence-corrected chi connectivity index (χ4v) is 2.45. The molecule has 3 rings (SSSR count). The van der Waals surface area contributed by atoms with E-state index in [4.69, 9.17) is 4.74 Å². The van der Waals surface area contributed by atoms with E-state index in [9.17, 15) is 18.0 Å². The number of nitrogens with one attached hydrogen (secondary N) is 2. The Balaban J connectivity index is 1.75. The van der Waals surface area contributed by atoms with Crippen molar-refractivity contribution in [3.63, 3.8) is 0 Å². The Kier molecular flexibility index (Phi) is 4.44. The number of alkyl halides is 3. The maximum atomic E-state index is 12.4. The zero-order chi connectivity index (χ0) is 17.2. The van der Waals surface area contributed by atoms with Gasteiger partial charge in [-0.25, -0.2) is 0 Å². The number of para-hydroxylation sites is 2. The van der Waals surface area contributed by atoms with Crippen molar-refractivity contribution in [2.24, 2.45) is 0 Å². The standard InChI is InChI=1S/C17H15F3N2O2/c18-17(19,20)10-21-14-3-1-2-4-15(14)22-16(23)11-5-6-12-8-24-9-13(12)7-11/h1-7,21H,8-10H2,(H,22,23). The molecule has 0 atom stereocenters. The molecular formula is C17H15F3N2O2. The van der Waals surface area contributed by atoms with Gasteiger partial charge in [-0.1, -0.05) is 18.2 Å². The predicted molar refractivity (Wildman–Crippen MR) is 83.9 cm³/mol. The number of benzene rings is 2. The summed E-state index contributed by atoms with van der Waals surface area (Å²) >= 11 is 0. The maximum absolute atomic E-state index is 12.4.